The van der Waals surface area contributed by atoms with E-state index in [-0.39, 0.29) is 0 Å². The summed E-state index contributed by atoms with van der Waals surface area (Å²) in [6.07, 6.45) is 5.33. The van der Waals surface area contributed by atoms with Crippen molar-refractivity contribution in [3.63, 3.8) is 0 Å². The van der Waals surface area contributed by atoms with Crippen LogP contribution in [-0.4, -0.2) is 41.4 Å². The van der Waals surface area contributed by atoms with Gasteiger partial charge in [0.25, 0.3) is 0 Å². The molecule has 0 bridgehead atoms. The van der Waals surface area contributed by atoms with Gasteiger partial charge in [0.05, 0.1) is 6.21 Å². The Morgan fingerprint density at radius 3 is 2.61 bits per heavy atom. The van der Waals surface area contributed by atoms with E-state index < -0.39 is 0 Å². The molecule has 0 saturated heterocycles. The molecule has 0 aliphatic rings. The monoisotopic (exact) mass is 261 g/mol. The highest BCUT2D eigenvalue weighted by molar-refractivity contribution is 7.98. The lowest BCUT2D eigenvalue weighted by Gasteiger charge is -2.11. The summed E-state index contributed by atoms with van der Waals surface area (Å²) in [7, 11) is 4.04. The maximum absolute atomic E-state index is 4.31. The molecule has 1 aromatic carbocycles. The maximum atomic E-state index is 4.31. The Kier molecular flexibility index (Phi) is 3.99. The predicted octanol–water partition coefficient (Wildman–Crippen LogP) is 1.95. The van der Waals surface area contributed by atoms with E-state index in [1.807, 2.05) is 32.5 Å². The average molecular weight is 261 g/mol. The third-order valence-corrected chi connectivity index (χ3v) is 3.06. The summed E-state index contributed by atoms with van der Waals surface area (Å²) in [5.74, 6) is 0. The van der Waals surface area contributed by atoms with Crippen LogP contribution in [0.2, 0.25) is 0 Å². The number of aromatic nitrogens is 3. The molecule has 0 atom stereocenters. The van der Waals surface area contributed by atoms with E-state index in [9.17, 15) is 0 Å². The lowest BCUT2D eigenvalue weighted by molar-refractivity contribution is 0.768. The molecular weight excluding hydrogens is 246 g/mol. The molecule has 0 fully saturated rings. The summed E-state index contributed by atoms with van der Waals surface area (Å²) in [6, 6.07) is 8.18. The van der Waals surface area contributed by atoms with E-state index >= 15 is 0 Å². The smallest absolute Gasteiger partial charge is 0.211 e. The second-order valence-electron chi connectivity index (χ2n) is 3.89. The first-order chi connectivity index (χ1) is 8.70. The molecule has 18 heavy (non-hydrogen) atoms. The molecule has 0 aliphatic carbocycles. The van der Waals surface area contributed by atoms with Crippen LogP contribution in [0.3, 0.4) is 0 Å². The van der Waals surface area contributed by atoms with Crippen molar-refractivity contribution in [3.8, 4) is 0 Å². The molecule has 6 heteroatoms. The molecule has 2 rings (SSSR count). The minimum absolute atomic E-state index is 0.774. The molecular formula is C12H15N5S. The van der Waals surface area contributed by atoms with Crippen LogP contribution in [0.4, 0.5) is 5.69 Å². The Morgan fingerprint density at radius 2 is 2.00 bits per heavy atom. The minimum atomic E-state index is 0.774. The highest BCUT2D eigenvalue weighted by Gasteiger charge is 1.99. The lowest BCUT2D eigenvalue weighted by Crippen LogP contribution is -2.08. The molecule has 0 radical (unpaired) electrons. The van der Waals surface area contributed by atoms with Crippen molar-refractivity contribution in [3.05, 3.63) is 36.2 Å². The fraction of sp³-hybridized carbons (Fsp3) is 0.250. The van der Waals surface area contributed by atoms with Crippen LogP contribution in [0.15, 0.2) is 40.9 Å². The normalized spacial score (nSPS) is 11.1. The molecule has 5 nitrogen and oxygen atoms in total. The fourth-order valence-corrected chi connectivity index (χ4v) is 1.83. The van der Waals surface area contributed by atoms with E-state index in [1.54, 1.807) is 17.2 Å². The van der Waals surface area contributed by atoms with Gasteiger partial charge in [-0.1, -0.05) is 23.9 Å². The highest BCUT2D eigenvalue weighted by Crippen LogP contribution is 2.12. The van der Waals surface area contributed by atoms with Gasteiger partial charge in [0.1, 0.15) is 6.33 Å². The molecule has 94 valence electrons. The van der Waals surface area contributed by atoms with Gasteiger partial charge < -0.3 is 4.90 Å². The third-order valence-electron chi connectivity index (χ3n) is 2.42. The second-order valence-corrected chi connectivity index (χ2v) is 4.67. The van der Waals surface area contributed by atoms with Crippen molar-refractivity contribution >= 4 is 23.7 Å². The van der Waals surface area contributed by atoms with Crippen LogP contribution in [-0.2, 0) is 0 Å². The molecule has 0 saturated carbocycles. The minimum Gasteiger partial charge on any atom is -0.378 e. The van der Waals surface area contributed by atoms with Crippen molar-refractivity contribution < 1.29 is 0 Å². The lowest BCUT2D eigenvalue weighted by atomic mass is 10.2. The molecule has 0 spiro atoms. The standard InChI is InChI=1S/C12H15N5S/c1-16(2)11-6-4-10(5-7-11)8-14-17-9-13-15-12(17)18-3/h4-9H,1-3H3. The van der Waals surface area contributed by atoms with Gasteiger partial charge in [0, 0.05) is 19.8 Å². The van der Waals surface area contributed by atoms with Gasteiger partial charge in [0.15, 0.2) is 0 Å². The van der Waals surface area contributed by atoms with Crippen LogP contribution in [0.25, 0.3) is 0 Å². The molecule has 0 amide bonds. The summed E-state index contributed by atoms with van der Waals surface area (Å²) >= 11 is 1.51. The summed E-state index contributed by atoms with van der Waals surface area (Å²) in [6.45, 7) is 0. The van der Waals surface area contributed by atoms with E-state index in [2.05, 4.69) is 32.3 Å². The quantitative estimate of drug-likeness (QED) is 0.623. The zero-order valence-corrected chi connectivity index (χ0v) is 11.4. The maximum Gasteiger partial charge on any atom is 0.211 e. The van der Waals surface area contributed by atoms with Gasteiger partial charge in [-0.3, -0.25) is 0 Å². The van der Waals surface area contributed by atoms with Crippen molar-refractivity contribution in [2.45, 2.75) is 5.16 Å². The van der Waals surface area contributed by atoms with Gasteiger partial charge in [-0.05, 0) is 24.0 Å². The highest BCUT2D eigenvalue weighted by atomic mass is 32.2. The van der Waals surface area contributed by atoms with Gasteiger partial charge in [0.2, 0.25) is 5.16 Å². The SMILES string of the molecule is CSc1nncn1N=Cc1ccc(N(C)C)cc1. The number of rotatable bonds is 4. The first-order valence-corrected chi connectivity index (χ1v) is 6.69. The average Bonchev–Trinajstić information content (AvgIpc) is 2.84. The van der Waals surface area contributed by atoms with E-state index in [0.29, 0.717) is 0 Å². The van der Waals surface area contributed by atoms with Crippen molar-refractivity contribution in [1.82, 2.24) is 14.9 Å². The molecule has 0 aliphatic heterocycles. The van der Waals surface area contributed by atoms with Crippen LogP contribution < -0.4 is 4.90 Å². The number of anilines is 1. The van der Waals surface area contributed by atoms with Crippen LogP contribution in [0, 0.1) is 0 Å². The second kappa shape index (κ2) is 5.68. The number of thioether (sulfide) groups is 1. The Bertz CT molecular complexity index is 530. The van der Waals surface area contributed by atoms with Gasteiger partial charge >= 0.3 is 0 Å². The Balaban J connectivity index is 2.14. The Labute approximate surface area is 111 Å². The van der Waals surface area contributed by atoms with Gasteiger partial charge in [-0.25, -0.2) is 0 Å². The summed E-state index contributed by atoms with van der Waals surface area (Å²) in [4.78, 5) is 2.06. The largest absolute Gasteiger partial charge is 0.378 e. The summed E-state index contributed by atoms with van der Waals surface area (Å²) in [5.41, 5.74) is 2.21. The number of hydrogen-bond donors (Lipinski definition) is 0. The van der Waals surface area contributed by atoms with Crippen LogP contribution in [0.5, 0.6) is 0 Å². The van der Waals surface area contributed by atoms with Crippen molar-refractivity contribution in [1.29, 1.82) is 0 Å². The molecule has 2 aromatic rings. The number of nitrogens with zero attached hydrogens (tertiary/aromatic N) is 5. The Morgan fingerprint density at radius 1 is 1.28 bits per heavy atom. The zero-order valence-electron chi connectivity index (χ0n) is 10.6. The summed E-state index contributed by atoms with van der Waals surface area (Å²) in [5, 5.41) is 12.8. The third kappa shape index (κ3) is 2.89. The zero-order chi connectivity index (χ0) is 13.0. The van der Waals surface area contributed by atoms with Crippen molar-refractivity contribution in [2.75, 3.05) is 25.3 Å². The molecule has 0 unspecified atom stereocenters. The predicted molar refractivity (Wildman–Crippen MR) is 75.6 cm³/mol. The molecule has 1 heterocycles. The fourth-order valence-electron chi connectivity index (χ4n) is 1.42. The van der Waals surface area contributed by atoms with E-state index in [1.165, 1.54) is 17.4 Å². The van der Waals surface area contributed by atoms with E-state index in [4.69, 9.17) is 0 Å². The van der Waals surface area contributed by atoms with Gasteiger partial charge in [-0.15, -0.1) is 10.2 Å². The molecule has 0 N–H and O–H groups in total. The Hall–Kier alpha value is -1.82. The molecule has 1 aromatic heterocycles. The van der Waals surface area contributed by atoms with Crippen LogP contribution >= 0.6 is 11.8 Å². The van der Waals surface area contributed by atoms with Gasteiger partial charge in [-0.2, -0.15) is 9.78 Å². The summed E-state index contributed by atoms with van der Waals surface area (Å²) < 4.78 is 1.66. The topological polar surface area (TPSA) is 46.3 Å². The first-order valence-electron chi connectivity index (χ1n) is 5.46. The number of benzene rings is 1. The van der Waals surface area contributed by atoms with Crippen molar-refractivity contribution in [2.24, 2.45) is 5.10 Å². The first kappa shape index (κ1) is 12.6. The van der Waals surface area contributed by atoms with Crippen LogP contribution in [0.1, 0.15) is 5.56 Å². The number of hydrogen-bond acceptors (Lipinski definition) is 5. The van der Waals surface area contributed by atoms with E-state index in [0.717, 1.165) is 10.7 Å².